The van der Waals surface area contributed by atoms with Gasteiger partial charge >= 0.3 is 0 Å². The third-order valence-corrected chi connectivity index (χ3v) is 11.7. The summed E-state index contributed by atoms with van der Waals surface area (Å²) < 4.78 is 9.06. The van der Waals surface area contributed by atoms with Crippen LogP contribution < -0.4 is 0 Å². The van der Waals surface area contributed by atoms with Gasteiger partial charge in [0.15, 0.2) is 0 Å². The Morgan fingerprint density at radius 2 is 1.97 bits per heavy atom. The fourth-order valence-corrected chi connectivity index (χ4v) is 9.89. The number of aliphatic imine (C=N–C) groups is 1. The summed E-state index contributed by atoms with van der Waals surface area (Å²) in [7, 11) is 2.10. The highest BCUT2D eigenvalue weighted by Gasteiger charge is 2.58. The molecule has 0 bridgehead atoms. The molecule has 0 N–H and O–H groups in total. The second-order valence-corrected chi connectivity index (χ2v) is 13.5. The highest BCUT2D eigenvalue weighted by molar-refractivity contribution is 5.94. The first-order valence-corrected chi connectivity index (χ1v) is 14.2. The molecule has 184 valence electrons. The average molecular weight is 462 g/mol. The van der Waals surface area contributed by atoms with Crippen molar-refractivity contribution in [3.63, 3.8) is 0 Å². The van der Waals surface area contributed by atoms with Crippen molar-refractivity contribution >= 4 is 5.71 Å². The zero-order valence-corrected chi connectivity index (χ0v) is 21.9. The van der Waals surface area contributed by atoms with Crippen LogP contribution in [0.2, 0.25) is 0 Å². The second-order valence-electron chi connectivity index (χ2n) is 13.5. The molecule has 0 unspecified atom stereocenters. The highest BCUT2D eigenvalue weighted by Crippen LogP contribution is 2.64. The van der Waals surface area contributed by atoms with E-state index >= 15 is 0 Å². The normalized spacial score (nSPS) is 47.4. The Balaban J connectivity index is 1.19. The Kier molecular flexibility index (Phi) is 4.69. The zero-order valence-electron chi connectivity index (χ0n) is 21.9. The van der Waals surface area contributed by atoms with Crippen molar-refractivity contribution in [2.45, 2.75) is 97.2 Å². The van der Waals surface area contributed by atoms with E-state index in [4.69, 9.17) is 14.8 Å². The summed E-state index contributed by atoms with van der Waals surface area (Å²) in [6.07, 6.45) is 14.1. The summed E-state index contributed by atoms with van der Waals surface area (Å²) in [5.41, 5.74) is 8.27. The van der Waals surface area contributed by atoms with E-state index < -0.39 is 0 Å². The SMILES string of the molecule is CC1=C2C[C@H]3[C@@H](CC[C@@H]4Cc5nn(C)cc5C[C@@]43C)[C@@H]2CC[C@@]2(C1)O[C@@H]1C[C@H](C)CN=C1[C@H]2C. The number of aryl methyl sites for hydroxylation is 1. The van der Waals surface area contributed by atoms with E-state index in [0.29, 0.717) is 17.3 Å². The van der Waals surface area contributed by atoms with Crippen LogP contribution in [-0.2, 0) is 24.6 Å². The van der Waals surface area contributed by atoms with E-state index in [9.17, 15) is 0 Å². The standard InChI is InChI=1S/C30H43N3O/c1-17-10-27-28(31-15-17)19(3)30(34-27)9-8-22-23-7-6-21-11-26-20(16-33(5)32-26)14-29(21,4)25(23)12-24(22)18(2)13-30/h16-17,19,21-23,25,27H,6-15H2,1-5H3/t17-,19+,21+,22-,23-,25-,27+,29-,30-/m0/s1. The van der Waals surface area contributed by atoms with Crippen molar-refractivity contribution in [2.75, 3.05) is 6.54 Å². The Bertz CT molecular complexity index is 1080. The quantitative estimate of drug-likeness (QED) is 0.448. The predicted octanol–water partition coefficient (Wildman–Crippen LogP) is 5.94. The van der Waals surface area contributed by atoms with Crippen LogP contribution in [-0.4, -0.2) is 33.7 Å². The van der Waals surface area contributed by atoms with Gasteiger partial charge in [-0.2, -0.15) is 5.10 Å². The summed E-state index contributed by atoms with van der Waals surface area (Å²) in [4.78, 5) is 5.04. The molecule has 0 radical (unpaired) electrons. The fourth-order valence-electron chi connectivity index (χ4n) is 9.89. The van der Waals surface area contributed by atoms with Gasteiger partial charge in [0.2, 0.25) is 0 Å². The van der Waals surface area contributed by atoms with Crippen LogP contribution in [0.3, 0.4) is 0 Å². The molecule has 1 aromatic heterocycles. The minimum absolute atomic E-state index is 0.00102. The van der Waals surface area contributed by atoms with Gasteiger partial charge in [-0.15, -0.1) is 0 Å². The van der Waals surface area contributed by atoms with Crippen LogP contribution in [0.25, 0.3) is 0 Å². The molecule has 2 aliphatic heterocycles. The van der Waals surface area contributed by atoms with Gasteiger partial charge in [0, 0.05) is 31.4 Å². The van der Waals surface area contributed by atoms with Gasteiger partial charge in [-0.1, -0.05) is 31.9 Å². The summed E-state index contributed by atoms with van der Waals surface area (Å²) in [5, 5.41) is 4.82. The van der Waals surface area contributed by atoms with Crippen LogP contribution >= 0.6 is 0 Å². The molecule has 34 heavy (non-hydrogen) atoms. The van der Waals surface area contributed by atoms with E-state index in [1.807, 2.05) is 5.57 Å². The van der Waals surface area contributed by atoms with Crippen molar-refractivity contribution in [1.29, 1.82) is 0 Å². The smallest absolute Gasteiger partial charge is 0.0966 e. The van der Waals surface area contributed by atoms with Gasteiger partial charge in [0.05, 0.1) is 17.4 Å². The summed E-state index contributed by atoms with van der Waals surface area (Å²) in [5.74, 6) is 4.46. The zero-order chi connectivity index (χ0) is 23.4. The summed E-state index contributed by atoms with van der Waals surface area (Å²) >= 11 is 0. The average Bonchev–Trinajstić information content (AvgIpc) is 3.39. The van der Waals surface area contributed by atoms with Crippen molar-refractivity contribution in [2.24, 2.45) is 53.0 Å². The molecule has 4 nitrogen and oxygen atoms in total. The molecular formula is C30H43N3O. The Labute approximate surface area is 205 Å². The van der Waals surface area contributed by atoms with Gasteiger partial charge in [-0.25, -0.2) is 0 Å². The molecule has 0 amide bonds. The third kappa shape index (κ3) is 2.93. The van der Waals surface area contributed by atoms with Crippen LogP contribution in [0.4, 0.5) is 0 Å². The van der Waals surface area contributed by atoms with Gasteiger partial charge in [0.25, 0.3) is 0 Å². The monoisotopic (exact) mass is 461 g/mol. The van der Waals surface area contributed by atoms with E-state index in [-0.39, 0.29) is 11.7 Å². The molecule has 1 aromatic rings. The van der Waals surface area contributed by atoms with Crippen LogP contribution in [0.1, 0.15) is 83.9 Å². The molecule has 3 heterocycles. The molecule has 9 atom stereocenters. The largest absolute Gasteiger partial charge is 0.365 e. The topological polar surface area (TPSA) is 39.4 Å². The number of rotatable bonds is 0. The van der Waals surface area contributed by atoms with E-state index in [0.717, 1.165) is 36.6 Å². The molecule has 1 spiro atoms. The van der Waals surface area contributed by atoms with Gasteiger partial charge in [-0.3, -0.25) is 9.67 Å². The van der Waals surface area contributed by atoms with Gasteiger partial charge < -0.3 is 4.74 Å². The summed E-state index contributed by atoms with van der Waals surface area (Å²) in [6, 6.07) is 0. The second kappa shape index (κ2) is 7.31. The molecule has 4 aliphatic carbocycles. The van der Waals surface area contributed by atoms with Crippen molar-refractivity contribution in [3.05, 3.63) is 28.6 Å². The highest BCUT2D eigenvalue weighted by atomic mass is 16.5. The lowest BCUT2D eigenvalue weighted by Crippen LogP contribution is -2.47. The minimum atomic E-state index is 0.00102. The predicted molar refractivity (Wildman–Crippen MR) is 136 cm³/mol. The van der Waals surface area contributed by atoms with Gasteiger partial charge in [-0.05, 0) is 105 Å². The van der Waals surface area contributed by atoms with E-state index in [2.05, 4.69) is 45.6 Å². The molecule has 0 aromatic carbocycles. The molecule has 7 rings (SSSR count). The number of ether oxygens (including phenoxy) is 1. The maximum absolute atomic E-state index is 7.00. The van der Waals surface area contributed by atoms with Crippen molar-refractivity contribution in [1.82, 2.24) is 9.78 Å². The van der Waals surface area contributed by atoms with Crippen LogP contribution in [0.5, 0.6) is 0 Å². The van der Waals surface area contributed by atoms with Crippen LogP contribution in [0.15, 0.2) is 22.3 Å². The fraction of sp³-hybridized carbons (Fsp3) is 0.800. The lowest BCUT2D eigenvalue weighted by molar-refractivity contribution is -0.0689. The summed E-state index contributed by atoms with van der Waals surface area (Å²) in [6.45, 7) is 10.9. The number of allylic oxidation sites excluding steroid dienone is 1. The number of fused-ring (bicyclic) bond motifs is 7. The maximum atomic E-state index is 7.00. The molecule has 6 aliphatic rings. The van der Waals surface area contributed by atoms with Crippen LogP contribution in [0, 0.1) is 40.9 Å². The number of hydrogen-bond acceptors (Lipinski definition) is 3. The Morgan fingerprint density at radius 3 is 2.82 bits per heavy atom. The number of hydrogen-bond donors (Lipinski definition) is 0. The van der Waals surface area contributed by atoms with E-state index in [1.54, 1.807) is 5.57 Å². The van der Waals surface area contributed by atoms with Crippen molar-refractivity contribution in [3.8, 4) is 0 Å². The Morgan fingerprint density at radius 1 is 1.12 bits per heavy atom. The first-order chi connectivity index (χ1) is 16.3. The molecule has 1 saturated heterocycles. The molecule has 3 fully saturated rings. The molecule has 2 saturated carbocycles. The molecule has 4 heteroatoms. The minimum Gasteiger partial charge on any atom is -0.365 e. The van der Waals surface area contributed by atoms with E-state index in [1.165, 1.54) is 68.3 Å². The lowest BCUT2D eigenvalue weighted by atomic mass is 9.52. The maximum Gasteiger partial charge on any atom is 0.0966 e. The third-order valence-electron chi connectivity index (χ3n) is 11.7. The first-order valence-electron chi connectivity index (χ1n) is 14.2. The number of nitrogens with zero attached hydrogens (tertiary/aromatic N) is 3. The Hall–Kier alpha value is -1.42. The lowest BCUT2D eigenvalue weighted by Gasteiger charge is -2.52. The molecular weight excluding hydrogens is 418 g/mol. The first kappa shape index (κ1) is 21.8. The number of aromatic nitrogens is 2. The van der Waals surface area contributed by atoms with Gasteiger partial charge in [0.1, 0.15) is 0 Å². The van der Waals surface area contributed by atoms with Crippen molar-refractivity contribution < 1.29 is 4.74 Å².